The van der Waals surface area contributed by atoms with Crippen molar-refractivity contribution in [2.24, 2.45) is 0 Å². The predicted octanol–water partition coefficient (Wildman–Crippen LogP) is 1.68. The zero-order chi connectivity index (χ0) is 10.4. The van der Waals surface area contributed by atoms with E-state index in [0.717, 1.165) is 24.2 Å². The minimum absolute atomic E-state index is 0.577. The molecule has 1 aromatic rings. The zero-order valence-electron chi connectivity index (χ0n) is 8.73. The van der Waals surface area contributed by atoms with Crippen molar-refractivity contribution in [3.8, 4) is 0 Å². The Kier molecular flexibility index (Phi) is 4.56. The minimum atomic E-state index is -0.666. The first-order chi connectivity index (χ1) is 6.68. The highest BCUT2D eigenvalue weighted by molar-refractivity contribution is 5.09. The lowest BCUT2D eigenvalue weighted by molar-refractivity contribution is -0.0855. The molecule has 0 aromatic carbocycles. The molecular formula is C11H17NO2. The number of hydrogen-bond acceptors (Lipinski definition) is 3. The van der Waals surface area contributed by atoms with Crippen molar-refractivity contribution in [2.75, 3.05) is 6.61 Å². The average molecular weight is 195 g/mol. The van der Waals surface area contributed by atoms with E-state index < -0.39 is 6.29 Å². The Morgan fingerprint density at radius 3 is 2.93 bits per heavy atom. The summed E-state index contributed by atoms with van der Waals surface area (Å²) < 4.78 is 5.02. The third kappa shape index (κ3) is 4.35. The molecule has 0 radical (unpaired) electrons. The highest BCUT2D eigenvalue weighted by Crippen LogP contribution is 2.02. The van der Waals surface area contributed by atoms with Gasteiger partial charge in [0.1, 0.15) is 0 Å². The minimum Gasteiger partial charge on any atom is -0.368 e. The molecule has 0 fully saturated rings. The summed E-state index contributed by atoms with van der Waals surface area (Å²) in [7, 11) is 0. The molecule has 78 valence electrons. The Morgan fingerprint density at radius 2 is 2.29 bits per heavy atom. The Hall–Kier alpha value is -0.930. The fourth-order valence-electron chi connectivity index (χ4n) is 1.25. The van der Waals surface area contributed by atoms with Crippen LogP contribution in [0.4, 0.5) is 0 Å². The van der Waals surface area contributed by atoms with Crippen LogP contribution in [0, 0.1) is 6.92 Å². The Labute approximate surface area is 84.7 Å². The van der Waals surface area contributed by atoms with Gasteiger partial charge in [-0.2, -0.15) is 0 Å². The maximum atomic E-state index is 8.86. The monoisotopic (exact) mass is 195 g/mol. The van der Waals surface area contributed by atoms with Crippen molar-refractivity contribution in [3.05, 3.63) is 29.6 Å². The number of aryl methyl sites for hydroxylation is 2. The molecule has 1 N–H and O–H groups in total. The van der Waals surface area contributed by atoms with Gasteiger partial charge in [0.15, 0.2) is 6.29 Å². The van der Waals surface area contributed by atoms with Crippen LogP contribution >= 0.6 is 0 Å². The van der Waals surface area contributed by atoms with Crippen LogP contribution in [0.15, 0.2) is 18.2 Å². The van der Waals surface area contributed by atoms with Crippen molar-refractivity contribution >= 4 is 0 Å². The number of aromatic nitrogens is 1. The molecule has 1 heterocycles. The lowest BCUT2D eigenvalue weighted by Gasteiger charge is -2.06. The largest absolute Gasteiger partial charge is 0.368 e. The Morgan fingerprint density at radius 1 is 1.50 bits per heavy atom. The van der Waals surface area contributed by atoms with Gasteiger partial charge in [-0.25, -0.2) is 0 Å². The molecule has 0 amide bonds. The van der Waals surface area contributed by atoms with E-state index in [1.54, 1.807) is 6.92 Å². The highest BCUT2D eigenvalue weighted by Gasteiger charge is 1.97. The number of ether oxygens (including phenoxy) is 1. The molecule has 0 spiro atoms. The molecule has 1 aromatic heterocycles. The summed E-state index contributed by atoms with van der Waals surface area (Å²) in [6.45, 7) is 4.17. The molecule has 0 bridgehead atoms. The number of hydrogen-bond donors (Lipinski definition) is 1. The molecule has 1 atom stereocenters. The van der Waals surface area contributed by atoms with E-state index in [0.29, 0.717) is 6.61 Å². The molecule has 0 saturated carbocycles. The van der Waals surface area contributed by atoms with Crippen molar-refractivity contribution in [1.82, 2.24) is 4.98 Å². The maximum Gasteiger partial charge on any atom is 0.151 e. The molecule has 0 aliphatic carbocycles. The summed E-state index contributed by atoms with van der Waals surface area (Å²) in [6, 6.07) is 6.00. The molecule has 1 unspecified atom stereocenters. The lowest BCUT2D eigenvalue weighted by atomic mass is 10.2. The van der Waals surface area contributed by atoms with Gasteiger partial charge in [0.2, 0.25) is 0 Å². The predicted molar refractivity (Wildman–Crippen MR) is 54.9 cm³/mol. The van der Waals surface area contributed by atoms with Crippen LogP contribution < -0.4 is 0 Å². The third-order valence-corrected chi connectivity index (χ3v) is 1.88. The van der Waals surface area contributed by atoms with E-state index >= 15 is 0 Å². The van der Waals surface area contributed by atoms with Crippen LogP contribution in [0.5, 0.6) is 0 Å². The Bertz CT molecular complexity index is 274. The van der Waals surface area contributed by atoms with Gasteiger partial charge in [-0.05, 0) is 38.8 Å². The van der Waals surface area contributed by atoms with Gasteiger partial charge < -0.3 is 9.84 Å². The first-order valence-electron chi connectivity index (χ1n) is 4.90. The number of pyridine rings is 1. The summed E-state index contributed by atoms with van der Waals surface area (Å²) in [5.74, 6) is 0. The van der Waals surface area contributed by atoms with Crippen molar-refractivity contribution in [2.45, 2.75) is 33.0 Å². The molecule has 1 rings (SSSR count). The van der Waals surface area contributed by atoms with Gasteiger partial charge in [-0.15, -0.1) is 0 Å². The van der Waals surface area contributed by atoms with E-state index in [9.17, 15) is 0 Å². The van der Waals surface area contributed by atoms with Crippen molar-refractivity contribution < 1.29 is 9.84 Å². The van der Waals surface area contributed by atoms with Crippen molar-refractivity contribution in [1.29, 1.82) is 0 Å². The van der Waals surface area contributed by atoms with Crippen LogP contribution in [0.2, 0.25) is 0 Å². The molecule has 0 aliphatic rings. The van der Waals surface area contributed by atoms with E-state index in [2.05, 4.69) is 4.98 Å². The summed E-state index contributed by atoms with van der Waals surface area (Å²) >= 11 is 0. The number of nitrogens with zero attached hydrogens (tertiary/aromatic N) is 1. The lowest BCUT2D eigenvalue weighted by Crippen LogP contribution is -2.08. The average Bonchev–Trinajstić information content (AvgIpc) is 2.12. The van der Waals surface area contributed by atoms with Gasteiger partial charge in [0, 0.05) is 11.4 Å². The molecule has 3 nitrogen and oxygen atoms in total. The van der Waals surface area contributed by atoms with E-state index in [-0.39, 0.29) is 0 Å². The van der Waals surface area contributed by atoms with E-state index in [4.69, 9.17) is 9.84 Å². The molecular weight excluding hydrogens is 178 g/mol. The fraction of sp³-hybridized carbons (Fsp3) is 0.545. The highest BCUT2D eigenvalue weighted by atomic mass is 16.6. The van der Waals surface area contributed by atoms with Gasteiger partial charge in [0.05, 0.1) is 6.61 Å². The summed E-state index contributed by atoms with van der Waals surface area (Å²) in [5.41, 5.74) is 2.12. The van der Waals surface area contributed by atoms with Gasteiger partial charge in [0.25, 0.3) is 0 Å². The molecule has 3 heteroatoms. The van der Waals surface area contributed by atoms with Crippen LogP contribution in [0.3, 0.4) is 0 Å². The molecule has 0 aliphatic heterocycles. The molecule has 14 heavy (non-hydrogen) atoms. The number of aliphatic hydroxyl groups excluding tert-OH is 1. The summed E-state index contributed by atoms with van der Waals surface area (Å²) in [4.78, 5) is 4.37. The number of aliphatic hydroxyl groups is 1. The van der Waals surface area contributed by atoms with Crippen LogP contribution in [-0.2, 0) is 11.2 Å². The van der Waals surface area contributed by atoms with Gasteiger partial charge >= 0.3 is 0 Å². The van der Waals surface area contributed by atoms with E-state index in [1.165, 1.54) is 0 Å². The smallest absolute Gasteiger partial charge is 0.151 e. The van der Waals surface area contributed by atoms with Crippen LogP contribution in [0.25, 0.3) is 0 Å². The van der Waals surface area contributed by atoms with Gasteiger partial charge in [-0.3, -0.25) is 4.98 Å². The fourth-order valence-corrected chi connectivity index (χ4v) is 1.25. The summed E-state index contributed by atoms with van der Waals surface area (Å²) in [6.07, 6.45) is 1.12. The van der Waals surface area contributed by atoms with E-state index in [1.807, 2.05) is 25.1 Å². The van der Waals surface area contributed by atoms with Crippen LogP contribution in [-0.4, -0.2) is 23.0 Å². The first kappa shape index (κ1) is 11.1. The van der Waals surface area contributed by atoms with Gasteiger partial charge in [-0.1, -0.05) is 6.07 Å². The Balaban J connectivity index is 2.25. The van der Waals surface area contributed by atoms with Crippen molar-refractivity contribution in [3.63, 3.8) is 0 Å². The topological polar surface area (TPSA) is 42.4 Å². The second-order valence-corrected chi connectivity index (χ2v) is 3.34. The maximum absolute atomic E-state index is 8.86. The number of rotatable bonds is 5. The SMILES string of the molecule is Cc1cccc(CCCOC(C)O)n1. The standard InChI is InChI=1S/C11H17NO2/c1-9-5-3-6-11(12-9)7-4-8-14-10(2)13/h3,5-6,10,13H,4,7-8H2,1-2H3. The summed E-state index contributed by atoms with van der Waals surface area (Å²) in [5, 5.41) is 8.86. The normalized spacial score (nSPS) is 12.8. The third-order valence-electron chi connectivity index (χ3n) is 1.88. The quantitative estimate of drug-likeness (QED) is 0.574. The van der Waals surface area contributed by atoms with Crippen LogP contribution in [0.1, 0.15) is 24.7 Å². The zero-order valence-corrected chi connectivity index (χ0v) is 8.73. The molecule has 0 saturated heterocycles. The second kappa shape index (κ2) is 5.73. The first-order valence-corrected chi connectivity index (χ1v) is 4.90. The second-order valence-electron chi connectivity index (χ2n) is 3.34.